The van der Waals surface area contributed by atoms with Crippen molar-refractivity contribution in [1.82, 2.24) is 9.55 Å². The van der Waals surface area contributed by atoms with Gasteiger partial charge in [-0.1, -0.05) is 23.8 Å². The zero-order valence-electron chi connectivity index (χ0n) is 15.3. The molecule has 0 bridgehead atoms. The van der Waals surface area contributed by atoms with Gasteiger partial charge in [-0.2, -0.15) is 0 Å². The highest BCUT2D eigenvalue weighted by atomic mass is 31.2. The molecule has 1 aromatic carbocycles. The quantitative estimate of drug-likeness (QED) is 0.613. The summed E-state index contributed by atoms with van der Waals surface area (Å²) in [7, 11) is -3.76. The van der Waals surface area contributed by atoms with Crippen LogP contribution in [-0.4, -0.2) is 22.3 Å². The van der Waals surface area contributed by atoms with Crippen LogP contribution in [0, 0.1) is 13.8 Å². The molecule has 3 heterocycles. The first-order chi connectivity index (χ1) is 13.3. The van der Waals surface area contributed by atoms with Crippen molar-refractivity contribution in [2.75, 3.05) is 6.61 Å². The van der Waals surface area contributed by atoms with Crippen molar-refractivity contribution < 1.29 is 22.9 Å². The van der Waals surface area contributed by atoms with Gasteiger partial charge >= 0.3 is 13.5 Å². The standard InChI is InChI=1S/C18H19N2O7P/c1-11-3-5-15-13(7-11)9-24-28(23,27-15)25-10-14-4-6-16(26-14)20-8-12(2)17(21)19-18(20)22/h3-8,14,16H,9-10H2,1-2H3,(H,19,21,22)/t14?,16?,28-/m1/s1. The zero-order valence-corrected chi connectivity index (χ0v) is 16.2. The molecular formula is C18H19N2O7P. The number of fused-ring (bicyclic) bond motifs is 1. The molecule has 148 valence electrons. The van der Waals surface area contributed by atoms with Crippen LogP contribution in [0.25, 0.3) is 0 Å². The molecule has 2 aromatic rings. The Morgan fingerprint density at radius 1 is 1.29 bits per heavy atom. The molecule has 28 heavy (non-hydrogen) atoms. The zero-order chi connectivity index (χ0) is 19.9. The molecule has 0 saturated carbocycles. The maximum Gasteiger partial charge on any atom is 0.530 e. The molecule has 0 saturated heterocycles. The first-order valence-electron chi connectivity index (χ1n) is 8.67. The van der Waals surface area contributed by atoms with Crippen LogP contribution in [0.4, 0.5) is 0 Å². The van der Waals surface area contributed by atoms with E-state index in [0.717, 1.165) is 11.1 Å². The van der Waals surface area contributed by atoms with Gasteiger partial charge < -0.3 is 9.26 Å². The van der Waals surface area contributed by atoms with Crippen molar-refractivity contribution in [2.45, 2.75) is 32.8 Å². The van der Waals surface area contributed by atoms with Crippen molar-refractivity contribution >= 4 is 7.82 Å². The van der Waals surface area contributed by atoms with Gasteiger partial charge in [0, 0.05) is 17.3 Å². The number of aryl methyl sites for hydroxylation is 2. The molecule has 1 N–H and O–H groups in total. The van der Waals surface area contributed by atoms with Gasteiger partial charge in [0.05, 0.1) is 13.2 Å². The summed E-state index contributed by atoms with van der Waals surface area (Å²) < 4.78 is 35.8. The van der Waals surface area contributed by atoms with E-state index >= 15 is 0 Å². The van der Waals surface area contributed by atoms with Crippen molar-refractivity contribution in [2.24, 2.45) is 0 Å². The lowest BCUT2D eigenvalue weighted by atomic mass is 10.1. The van der Waals surface area contributed by atoms with E-state index in [9.17, 15) is 14.2 Å². The molecule has 0 radical (unpaired) electrons. The van der Waals surface area contributed by atoms with Crippen LogP contribution in [0.2, 0.25) is 0 Å². The molecule has 2 unspecified atom stereocenters. The number of hydrogen-bond donors (Lipinski definition) is 1. The summed E-state index contributed by atoms with van der Waals surface area (Å²) in [6.45, 7) is 3.59. The molecule has 4 rings (SSSR count). The molecule has 3 atom stereocenters. The molecular weight excluding hydrogens is 387 g/mol. The van der Waals surface area contributed by atoms with Gasteiger partial charge in [-0.15, -0.1) is 0 Å². The van der Waals surface area contributed by atoms with E-state index in [0.29, 0.717) is 11.3 Å². The molecule has 0 fully saturated rings. The number of ether oxygens (including phenoxy) is 1. The fourth-order valence-corrected chi connectivity index (χ4v) is 4.18. The summed E-state index contributed by atoms with van der Waals surface area (Å²) in [5.41, 5.74) is 1.22. The summed E-state index contributed by atoms with van der Waals surface area (Å²) in [6.07, 6.45) is 3.51. The summed E-state index contributed by atoms with van der Waals surface area (Å²) in [4.78, 5) is 25.7. The second-order valence-corrected chi connectivity index (χ2v) is 8.24. The fraction of sp³-hybridized carbons (Fsp3) is 0.333. The third-order valence-corrected chi connectivity index (χ3v) is 5.76. The summed E-state index contributed by atoms with van der Waals surface area (Å²) in [6, 6.07) is 5.48. The van der Waals surface area contributed by atoms with E-state index in [-0.39, 0.29) is 13.2 Å². The molecule has 0 spiro atoms. The Labute approximate surface area is 160 Å². The Bertz CT molecular complexity index is 1100. The van der Waals surface area contributed by atoms with Crippen molar-refractivity contribution in [3.63, 3.8) is 0 Å². The summed E-state index contributed by atoms with van der Waals surface area (Å²) >= 11 is 0. The fourth-order valence-electron chi connectivity index (χ4n) is 2.95. The van der Waals surface area contributed by atoms with E-state index in [2.05, 4.69) is 4.98 Å². The van der Waals surface area contributed by atoms with Gasteiger partial charge in [0.15, 0.2) is 6.23 Å². The van der Waals surface area contributed by atoms with Gasteiger partial charge in [-0.3, -0.25) is 23.4 Å². The SMILES string of the molecule is Cc1ccc2c(c1)CO[P@](=O)(OCC1C=CC(n3cc(C)c(=O)[nH]c3=O)O1)O2. The predicted octanol–water partition coefficient (Wildman–Crippen LogP) is 2.34. The molecule has 2 aliphatic rings. The normalized spacial score (nSPS) is 26.1. The maximum absolute atomic E-state index is 12.7. The first kappa shape index (κ1) is 18.9. The second kappa shape index (κ2) is 7.18. The predicted molar refractivity (Wildman–Crippen MR) is 99.3 cm³/mol. The smallest absolute Gasteiger partial charge is 0.404 e. The minimum Gasteiger partial charge on any atom is -0.404 e. The first-order valence-corrected chi connectivity index (χ1v) is 10.1. The lowest BCUT2D eigenvalue weighted by Gasteiger charge is -2.26. The van der Waals surface area contributed by atoms with Gasteiger partial charge in [0.25, 0.3) is 5.56 Å². The highest BCUT2D eigenvalue weighted by Gasteiger charge is 2.35. The summed E-state index contributed by atoms with van der Waals surface area (Å²) in [5, 5.41) is 0. The molecule has 0 amide bonds. The molecule has 1 aromatic heterocycles. The number of phosphoric acid groups is 1. The topological polar surface area (TPSA) is 109 Å². The monoisotopic (exact) mass is 406 g/mol. The van der Waals surface area contributed by atoms with Crippen LogP contribution in [0.1, 0.15) is 22.9 Å². The number of aromatic amines is 1. The van der Waals surface area contributed by atoms with Crippen LogP contribution < -0.4 is 15.8 Å². The van der Waals surface area contributed by atoms with Crippen molar-refractivity contribution in [3.8, 4) is 5.75 Å². The van der Waals surface area contributed by atoms with Gasteiger partial charge in [0.1, 0.15) is 11.9 Å². The van der Waals surface area contributed by atoms with E-state index in [1.807, 2.05) is 19.1 Å². The van der Waals surface area contributed by atoms with E-state index < -0.39 is 31.4 Å². The minimum absolute atomic E-state index is 0.0808. The third-order valence-electron chi connectivity index (χ3n) is 4.43. The Hall–Kier alpha value is -2.45. The van der Waals surface area contributed by atoms with Crippen molar-refractivity contribution in [3.05, 3.63) is 74.1 Å². The summed E-state index contributed by atoms with van der Waals surface area (Å²) in [5.74, 6) is 0.469. The molecule has 0 aliphatic carbocycles. The van der Waals surface area contributed by atoms with E-state index in [1.54, 1.807) is 25.1 Å². The number of H-pyrrole nitrogens is 1. The van der Waals surface area contributed by atoms with Crippen molar-refractivity contribution in [1.29, 1.82) is 0 Å². The molecule has 9 nitrogen and oxygen atoms in total. The minimum atomic E-state index is -3.76. The average molecular weight is 406 g/mol. The van der Waals surface area contributed by atoms with Crippen LogP contribution in [0.3, 0.4) is 0 Å². The Kier molecular flexibility index (Phi) is 4.84. The van der Waals surface area contributed by atoms with Crippen LogP contribution in [0.5, 0.6) is 5.75 Å². The van der Waals surface area contributed by atoms with Crippen LogP contribution in [-0.2, 0) is 25.0 Å². The number of rotatable bonds is 4. The number of phosphoric ester groups is 1. The van der Waals surface area contributed by atoms with Crippen LogP contribution in [0.15, 0.2) is 46.1 Å². The second-order valence-electron chi connectivity index (χ2n) is 6.65. The number of aromatic nitrogens is 2. The Morgan fingerprint density at radius 2 is 2.11 bits per heavy atom. The lowest BCUT2D eigenvalue weighted by molar-refractivity contribution is -0.0130. The largest absolute Gasteiger partial charge is 0.530 e. The van der Waals surface area contributed by atoms with E-state index in [4.69, 9.17) is 18.3 Å². The highest BCUT2D eigenvalue weighted by molar-refractivity contribution is 7.49. The van der Waals surface area contributed by atoms with Gasteiger partial charge in [-0.05, 0) is 26.0 Å². The van der Waals surface area contributed by atoms with Crippen LogP contribution >= 0.6 is 7.82 Å². The third kappa shape index (κ3) is 3.74. The number of benzene rings is 1. The molecule has 2 aliphatic heterocycles. The lowest BCUT2D eigenvalue weighted by Crippen LogP contribution is -2.33. The number of nitrogens with zero attached hydrogens (tertiary/aromatic N) is 1. The molecule has 10 heteroatoms. The van der Waals surface area contributed by atoms with E-state index in [1.165, 1.54) is 10.8 Å². The highest BCUT2D eigenvalue weighted by Crippen LogP contribution is 2.54. The average Bonchev–Trinajstić information content (AvgIpc) is 3.12. The maximum atomic E-state index is 12.7. The number of hydrogen-bond acceptors (Lipinski definition) is 7. The number of nitrogens with one attached hydrogen (secondary N) is 1. The Balaban J connectivity index is 1.39. The van der Waals surface area contributed by atoms with Gasteiger partial charge in [-0.25, -0.2) is 9.36 Å². The van der Waals surface area contributed by atoms with Gasteiger partial charge in [0.2, 0.25) is 0 Å². The Morgan fingerprint density at radius 3 is 2.93 bits per heavy atom.